The summed E-state index contributed by atoms with van der Waals surface area (Å²) < 4.78 is 0. The van der Waals surface area contributed by atoms with E-state index in [4.69, 9.17) is 5.11 Å². The lowest BCUT2D eigenvalue weighted by Gasteiger charge is -2.24. The predicted octanol–water partition coefficient (Wildman–Crippen LogP) is -0.0428. The molecule has 16 heavy (non-hydrogen) atoms. The Bertz CT molecular complexity index is 311. The molecule has 1 saturated heterocycles. The highest BCUT2D eigenvalue weighted by Crippen LogP contribution is 2.16. The Labute approximate surface area is 93.8 Å². The van der Waals surface area contributed by atoms with Crippen LogP contribution in [0.25, 0.3) is 0 Å². The van der Waals surface area contributed by atoms with Crippen LogP contribution in [-0.2, 0) is 4.84 Å². The number of rotatable bonds is 5. The lowest BCUT2D eigenvalue weighted by Crippen LogP contribution is -2.48. The van der Waals surface area contributed by atoms with Crippen LogP contribution < -0.4 is 5.32 Å². The van der Waals surface area contributed by atoms with Crippen molar-refractivity contribution < 1.29 is 24.6 Å². The van der Waals surface area contributed by atoms with Crippen LogP contribution in [0.1, 0.15) is 0 Å². The van der Waals surface area contributed by atoms with Crippen LogP contribution in [0.3, 0.4) is 0 Å². The Morgan fingerprint density at radius 1 is 1.81 bits per heavy atom. The van der Waals surface area contributed by atoms with Crippen molar-refractivity contribution in [2.75, 3.05) is 18.9 Å². The van der Waals surface area contributed by atoms with Gasteiger partial charge in [0.1, 0.15) is 12.8 Å². The van der Waals surface area contributed by atoms with E-state index in [9.17, 15) is 19.7 Å². The Balaban J connectivity index is 2.44. The second-order valence-corrected chi connectivity index (χ2v) is 3.78. The zero-order valence-electron chi connectivity index (χ0n) is 7.99. The zero-order valence-corrected chi connectivity index (χ0v) is 8.81. The number of carbonyl (C=O) groups excluding carboxylic acids is 1. The van der Waals surface area contributed by atoms with Gasteiger partial charge in [0.15, 0.2) is 0 Å². The maximum absolute atomic E-state index is 10.9. The minimum Gasteiger partial charge on any atom is -0.465 e. The average Bonchev–Trinajstić information content (AvgIpc) is 2.58. The van der Waals surface area contributed by atoms with Crippen LogP contribution in [0.15, 0.2) is 0 Å². The van der Waals surface area contributed by atoms with E-state index in [1.54, 1.807) is 0 Å². The number of amides is 2. The molecule has 0 spiro atoms. The maximum atomic E-state index is 10.9. The highest BCUT2D eigenvalue weighted by molar-refractivity contribution is 8.13. The summed E-state index contributed by atoms with van der Waals surface area (Å²) in [5, 5.41) is 19.8. The Morgan fingerprint density at radius 3 is 2.94 bits per heavy atom. The third-order valence-electron chi connectivity index (χ3n) is 1.81. The fourth-order valence-electron chi connectivity index (χ4n) is 1.14. The Hall–Kier alpha value is -1.71. The van der Waals surface area contributed by atoms with Crippen molar-refractivity contribution in [2.45, 2.75) is 6.17 Å². The number of nitrogens with one attached hydrogen (secondary N) is 1. The van der Waals surface area contributed by atoms with Gasteiger partial charge in [-0.05, 0) is 0 Å². The molecule has 1 atom stereocenters. The molecule has 1 unspecified atom stereocenters. The normalized spacial score (nSPS) is 19.0. The lowest BCUT2D eigenvalue weighted by molar-refractivity contribution is -0.757. The van der Waals surface area contributed by atoms with Gasteiger partial charge in [-0.15, -0.1) is 10.1 Å². The largest absolute Gasteiger partial charge is 0.465 e. The smallest absolute Gasteiger partial charge is 0.409 e. The minimum absolute atomic E-state index is 0.179. The summed E-state index contributed by atoms with van der Waals surface area (Å²) in [6.07, 6.45) is -1.93. The minimum atomic E-state index is -1.26. The van der Waals surface area contributed by atoms with Crippen LogP contribution in [0, 0.1) is 10.1 Å². The van der Waals surface area contributed by atoms with Crippen molar-refractivity contribution >= 4 is 23.1 Å². The Kier molecular flexibility index (Phi) is 4.17. The van der Waals surface area contributed by atoms with Crippen LogP contribution in [-0.4, -0.2) is 51.5 Å². The van der Waals surface area contributed by atoms with Gasteiger partial charge in [-0.1, -0.05) is 11.8 Å². The number of nitrogens with zero attached hydrogens (tertiary/aromatic N) is 2. The first kappa shape index (κ1) is 12.4. The van der Waals surface area contributed by atoms with E-state index >= 15 is 0 Å². The standard InChI is InChI=1S/C6H9N3O6S/c10-5-7-4(3-16-5)8(6(11)12)1-2-15-9(13)14/h4H,1-3H2,(H,7,10)(H,11,12). The molecule has 0 aliphatic carbocycles. The van der Waals surface area contributed by atoms with Crippen LogP contribution in [0.2, 0.25) is 0 Å². The summed E-state index contributed by atoms with van der Waals surface area (Å²) >= 11 is 0.961. The summed E-state index contributed by atoms with van der Waals surface area (Å²) in [4.78, 5) is 36.4. The van der Waals surface area contributed by atoms with Gasteiger partial charge in [0.05, 0.1) is 0 Å². The maximum Gasteiger partial charge on any atom is 0.409 e. The van der Waals surface area contributed by atoms with E-state index in [1.165, 1.54) is 0 Å². The van der Waals surface area contributed by atoms with Crippen LogP contribution in [0.5, 0.6) is 0 Å². The second kappa shape index (κ2) is 5.39. The molecular weight excluding hydrogens is 242 g/mol. The molecule has 0 aromatic carbocycles. The molecule has 1 fully saturated rings. The molecule has 1 aliphatic rings. The molecule has 0 bridgehead atoms. The van der Waals surface area contributed by atoms with Crippen molar-refractivity contribution in [2.24, 2.45) is 0 Å². The quantitative estimate of drug-likeness (QED) is 0.519. The van der Waals surface area contributed by atoms with Gasteiger partial charge in [-0.3, -0.25) is 9.69 Å². The first-order chi connectivity index (χ1) is 7.50. The molecule has 2 amide bonds. The molecule has 1 rings (SSSR count). The van der Waals surface area contributed by atoms with Gasteiger partial charge in [0, 0.05) is 12.3 Å². The number of carbonyl (C=O) groups is 2. The number of carboxylic acid groups (broad SMARTS) is 1. The SMILES string of the molecule is O=C1NC(N(CCO[N+](=O)[O-])C(=O)O)CS1. The van der Waals surface area contributed by atoms with E-state index in [0.717, 1.165) is 16.7 Å². The zero-order chi connectivity index (χ0) is 12.1. The number of thioether (sulfide) groups is 1. The average molecular weight is 251 g/mol. The van der Waals surface area contributed by atoms with Gasteiger partial charge >= 0.3 is 6.09 Å². The fourth-order valence-corrected chi connectivity index (χ4v) is 1.93. The van der Waals surface area contributed by atoms with Crippen molar-refractivity contribution in [1.82, 2.24) is 10.2 Å². The molecule has 0 aromatic rings. The van der Waals surface area contributed by atoms with Gasteiger partial charge < -0.3 is 15.3 Å². The second-order valence-electron chi connectivity index (χ2n) is 2.79. The molecule has 1 heterocycles. The van der Waals surface area contributed by atoms with Gasteiger partial charge in [-0.25, -0.2) is 4.79 Å². The summed E-state index contributed by atoms with van der Waals surface area (Å²) in [7, 11) is 0. The van der Waals surface area contributed by atoms with E-state index in [-0.39, 0.29) is 24.1 Å². The lowest BCUT2D eigenvalue weighted by atomic mass is 10.4. The van der Waals surface area contributed by atoms with E-state index in [2.05, 4.69) is 10.2 Å². The van der Waals surface area contributed by atoms with Crippen molar-refractivity contribution in [1.29, 1.82) is 0 Å². The molecule has 0 aromatic heterocycles. The fraction of sp³-hybridized carbons (Fsp3) is 0.667. The highest BCUT2D eigenvalue weighted by atomic mass is 32.2. The van der Waals surface area contributed by atoms with Gasteiger partial charge in [0.2, 0.25) is 0 Å². The number of hydrogen-bond donors (Lipinski definition) is 2. The summed E-state index contributed by atoms with van der Waals surface area (Å²) in [6, 6.07) is 0. The van der Waals surface area contributed by atoms with Crippen molar-refractivity contribution in [3.05, 3.63) is 10.1 Å². The summed E-state index contributed by atoms with van der Waals surface area (Å²) in [5.41, 5.74) is 0. The first-order valence-corrected chi connectivity index (χ1v) is 5.19. The summed E-state index contributed by atoms with van der Waals surface area (Å²) in [6.45, 7) is -0.543. The molecule has 9 nitrogen and oxygen atoms in total. The molecule has 90 valence electrons. The van der Waals surface area contributed by atoms with E-state index in [0.29, 0.717) is 0 Å². The molecule has 1 aliphatic heterocycles. The predicted molar refractivity (Wildman–Crippen MR) is 52.5 cm³/mol. The van der Waals surface area contributed by atoms with Gasteiger partial charge in [0.25, 0.3) is 10.3 Å². The van der Waals surface area contributed by atoms with E-state index < -0.39 is 17.3 Å². The number of hydrogen-bond acceptors (Lipinski definition) is 6. The summed E-state index contributed by atoms with van der Waals surface area (Å²) in [5.74, 6) is 0.281. The Morgan fingerprint density at radius 2 is 2.50 bits per heavy atom. The van der Waals surface area contributed by atoms with Crippen molar-refractivity contribution in [3.8, 4) is 0 Å². The third-order valence-corrected chi connectivity index (χ3v) is 2.67. The molecule has 0 radical (unpaired) electrons. The molecule has 0 saturated carbocycles. The topological polar surface area (TPSA) is 122 Å². The molecule has 10 heteroatoms. The highest BCUT2D eigenvalue weighted by Gasteiger charge is 2.30. The molecule has 2 N–H and O–H groups in total. The monoisotopic (exact) mass is 251 g/mol. The van der Waals surface area contributed by atoms with Gasteiger partial charge in [-0.2, -0.15) is 0 Å². The van der Waals surface area contributed by atoms with E-state index in [1.807, 2.05) is 0 Å². The third kappa shape index (κ3) is 3.46. The first-order valence-electron chi connectivity index (χ1n) is 4.21. The van der Waals surface area contributed by atoms with Crippen molar-refractivity contribution in [3.63, 3.8) is 0 Å². The molecular formula is C6H9N3O6S. The van der Waals surface area contributed by atoms with Crippen LogP contribution in [0.4, 0.5) is 9.59 Å². The van der Waals surface area contributed by atoms with Crippen LogP contribution >= 0.6 is 11.8 Å².